The fourth-order valence-corrected chi connectivity index (χ4v) is 3.27. The molecule has 33 heavy (non-hydrogen) atoms. The zero-order chi connectivity index (χ0) is 23.4. The molecule has 3 heterocycles. The molecule has 0 radical (unpaired) electrons. The van der Waals surface area contributed by atoms with Crippen LogP contribution in [0.2, 0.25) is 0 Å². The number of aryl methyl sites for hydroxylation is 1. The van der Waals surface area contributed by atoms with Crippen LogP contribution in [-0.2, 0) is 0 Å². The van der Waals surface area contributed by atoms with Gasteiger partial charge in [0, 0.05) is 24.5 Å². The van der Waals surface area contributed by atoms with Crippen molar-refractivity contribution < 1.29 is 4.39 Å². The number of benzene rings is 2. The Bertz CT molecular complexity index is 1400. The maximum Gasteiger partial charge on any atom is 0.231 e. The summed E-state index contributed by atoms with van der Waals surface area (Å²) in [7, 11) is 1.88. The highest BCUT2D eigenvalue weighted by atomic mass is 19.1. The minimum Gasteiger partial charge on any atom is -0.314 e. The summed E-state index contributed by atoms with van der Waals surface area (Å²) in [5.74, 6) is 0.816. The van der Waals surface area contributed by atoms with E-state index in [1.54, 1.807) is 24.5 Å². The van der Waals surface area contributed by atoms with Gasteiger partial charge in [-0.3, -0.25) is 0 Å². The van der Waals surface area contributed by atoms with E-state index in [1.807, 2.05) is 63.1 Å². The van der Waals surface area contributed by atoms with Gasteiger partial charge in [-0.2, -0.15) is 9.67 Å². The lowest BCUT2D eigenvalue weighted by atomic mass is 10.1. The molecule has 166 valence electrons. The van der Waals surface area contributed by atoms with Crippen LogP contribution in [0.3, 0.4) is 0 Å². The fourth-order valence-electron chi connectivity index (χ4n) is 3.27. The smallest absolute Gasteiger partial charge is 0.231 e. The first-order valence-electron chi connectivity index (χ1n) is 10.6. The summed E-state index contributed by atoms with van der Waals surface area (Å²) < 4.78 is 15.2. The van der Waals surface area contributed by atoms with E-state index in [9.17, 15) is 4.39 Å². The van der Waals surface area contributed by atoms with Gasteiger partial charge in [0.1, 0.15) is 11.6 Å². The average Bonchev–Trinajstić information content (AvgIpc) is 3.28. The Kier molecular flexibility index (Phi) is 6.30. The van der Waals surface area contributed by atoms with Gasteiger partial charge in [-0.1, -0.05) is 37.3 Å². The number of hydrogen-bond acceptors (Lipinski definition) is 7. The largest absolute Gasteiger partial charge is 0.314 e. The lowest BCUT2D eigenvalue weighted by Crippen LogP contribution is -2.13. The van der Waals surface area contributed by atoms with Crippen molar-refractivity contribution in [1.82, 2.24) is 34.9 Å². The highest BCUT2D eigenvalue weighted by molar-refractivity contribution is 5.74. The second kappa shape index (κ2) is 9.47. The summed E-state index contributed by atoms with van der Waals surface area (Å²) in [6, 6.07) is 15.9. The quantitative estimate of drug-likeness (QED) is 0.391. The highest BCUT2D eigenvalue weighted by Crippen LogP contribution is 2.27. The van der Waals surface area contributed by atoms with E-state index in [1.165, 1.54) is 16.8 Å². The first-order chi connectivity index (χ1) is 16.1. The van der Waals surface area contributed by atoms with E-state index in [0.29, 0.717) is 28.6 Å². The van der Waals surface area contributed by atoms with Crippen molar-refractivity contribution in [2.75, 3.05) is 11.9 Å². The third-order valence-electron chi connectivity index (χ3n) is 4.84. The topological polar surface area (TPSA) is 85.5 Å². The minimum absolute atomic E-state index is 0.357. The first-order valence-corrected chi connectivity index (χ1v) is 10.6. The Morgan fingerprint density at radius 3 is 2.55 bits per heavy atom. The van der Waals surface area contributed by atoms with Crippen LogP contribution in [0.1, 0.15) is 19.7 Å². The monoisotopic (exact) mass is 442 g/mol. The van der Waals surface area contributed by atoms with Gasteiger partial charge in [-0.25, -0.2) is 19.3 Å². The molecule has 0 fully saturated rings. The summed E-state index contributed by atoms with van der Waals surface area (Å²) in [6.45, 7) is 5.86. The number of rotatable bonds is 4. The summed E-state index contributed by atoms with van der Waals surface area (Å²) in [4.78, 5) is 19.6. The zero-order valence-electron chi connectivity index (χ0n) is 18.8. The van der Waals surface area contributed by atoms with Crippen LogP contribution in [0.4, 0.5) is 16.0 Å². The first kappa shape index (κ1) is 21.9. The number of nitrogens with zero attached hydrogens (tertiary/aromatic N) is 8. The lowest BCUT2D eigenvalue weighted by molar-refractivity contribution is 0.625. The van der Waals surface area contributed by atoms with Crippen molar-refractivity contribution in [3.8, 4) is 16.9 Å². The number of anilines is 2. The highest BCUT2D eigenvalue weighted by Gasteiger charge is 2.14. The number of fused-ring (bicyclic) bond motifs is 1. The molecule has 0 spiro atoms. The zero-order valence-corrected chi connectivity index (χ0v) is 18.8. The molecule has 5 aromatic rings. The van der Waals surface area contributed by atoms with E-state index in [2.05, 4.69) is 30.2 Å². The molecule has 0 aliphatic heterocycles. The van der Waals surface area contributed by atoms with Crippen LogP contribution in [0.5, 0.6) is 0 Å². The molecule has 2 aromatic carbocycles. The molecule has 0 aliphatic rings. The molecular formula is C24H23FN8. The maximum absolute atomic E-state index is 13.7. The predicted molar refractivity (Wildman–Crippen MR) is 126 cm³/mol. The van der Waals surface area contributed by atoms with Crippen LogP contribution >= 0.6 is 0 Å². The average molecular weight is 443 g/mol. The van der Waals surface area contributed by atoms with Gasteiger partial charge in [0.05, 0.1) is 17.6 Å². The fraction of sp³-hybridized carbons (Fsp3) is 0.167. The molecule has 0 unspecified atom stereocenters. The molecule has 5 rings (SSSR count). The van der Waals surface area contributed by atoms with E-state index >= 15 is 0 Å². The second-order valence-corrected chi connectivity index (χ2v) is 6.96. The summed E-state index contributed by atoms with van der Waals surface area (Å²) in [6.07, 6.45) is 3.35. The Hall–Kier alpha value is -4.27. The van der Waals surface area contributed by atoms with Gasteiger partial charge < -0.3 is 4.90 Å². The van der Waals surface area contributed by atoms with Gasteiger partial charge in [0.15, 0.2) is 11.2 Å². The molecule has 0 saturated carbocycles. The standard InChI is InChI=1S/C22H17FN8.C2H6/c1-14-24-10-9-19(26-14)15-5-3-7-17(11-15)30(2)22-25-13-20-21(27-22)31(29-28-20)18-8-4-6-16(23)12-18;1-2/h3-13H,1-2H3;1-2H3. The van der Waals surface area contributed by atoms with Crippen molar-refractivity contribution in [1.29, 1.82) is 0 Å². The van der Waals surface area contributed by atoms with Gasteiger partial charge in [-0.05, 0) is 43.3 Å². The van der Waals surface area contributed by atoms with Crippen LogP contribution in [0.25, 0.3) is 28.1 Å². The normalized spacial score (nSPS) is 10.6. The SMILES string of the molecule is CC.Cc1nccc(-c2cccc(N(C)c3ncc4nnn(-c5cccc(F)c5)c4n3)c2)n1. The van der Waals surface area contributed by atoms with Crippen molar-refractivity contribution in [3.63, 3.8) is 0 Å². The molecular weight excluding hydrogens is 419 g/mol. The number of hydrogen-bond donors (Lipinski definition) is 0. The van der Waals surface area contributed by atoms with Gasteiger partial charge >= 0.3 is 0 Å². The van der Waals surface area contributed by atoms with E-state index in [4.69, 9.17) is 0 Å². The van der Waals surface area contributed by atoms with Gasteiger partial charge in [0.25, 0.3) is 0 Å². The number of aromatic nitrogens is 7. The number of halogens is 1. The molecule has 0 N–H and O–H groups in total. The van der Waals surface area contributed by atoms with Crippen LogP contribution in [0.15, 0.2) is 67.0 Å². The van der Waals surface area contributed by atoms with E-state index in [-0.39, 0.29) is 5.82 Å². The summed E-state index contributed by atoms with van der Waals surface area (Å²) in [5.41, 5.74) is 4.24. The summed E-state index contributed by atoms with van der Waals surface area (Å²) >= 11 is 0. The molecule has 0 atom stereocenters. The van der Waals surface area contributed by atoms with Crippen molar-refractivity contribution >= 4 is 22.8 Å². The maximum atomic E-state index is 13.7. The lowest BCUT2D eigenvalue weighted by Gasteiger charge is -2.18. The predicted octanol–water partition coefficient (Wildman–Crippen LogP) is 4.91. The molecule has 8 nitrogen and oxygen atoms in total. The van der Waals surface area contributed by atoms with Gasteiger partial charge in [-0.15, -0.1) is 5.10 Å². The summed E-state index contributed by atoms with van der Waals surface area (Å²) in [5, 5.41) is 8.20. The minimum atomic E-state index is -0.357. The molecule has 0 aliphatic carbocycles. The third kappa shape index (κ3) is 4.52. The Labute approximate surface area is 190 Å². The molecule has 0 amide bonds. The van der Waals surface area contributed by atoms with Crippen LogP contribution in [-0.4, -0.2) is 42.0 Å². The molecule has 9 heteroatoms. The van der Waals surface area contributed by atoms with E-state index in [0.717, 1.165) is 16.9 Å². The van der Waals surface area contributed by atoms with E-state index < -0.39 is 0 Å². The Balaban J connectivity index is 0.00000126. The van der Waals surface area contributed by atoms with Crippen molar-refractivity contribution in [3.05, 3.63) is 78.6 Å². The van der Waals surface area contributed by atoms with Gasteiger partial charge in [0.2, 0.25) is 5.95 Å². The van der Waals surface area contributed by atoms with Crippen molar-refractivity contribution in [2.45, 2.75) is 20.8 Å². The van der Waals surface area contributed by atoms with Crippen molar-refractivity contribution in [2.24, 2.45) is 0 Å². The van der Waals surface area contributed by atoms with Crippen LogP contribution < -0.4 is 4.90 Å². The molecule has 0 saturated heterocycles. The third-order valence-corrected chi connectivity index (χ3v) is 4.84. The molecule has 3 aromatic heterocycles. The molecule has 0 bridgehead atoms. The Morgan fingerprint density at radius 1 is 0.939 bits per heavy atom. The Morgan fingerprint density at radius 2 is 1.76 bits per heavy atom. The second-order valence-electron chi connectivity index (χ2n) is 6.96. The van der Waals surface area contributed by atoms with Crippen LogP contribution in [0, 0.1) is 12.7 Å².